The van der Waals surface area contributed by atoms with Gasteiger partial charge in [-0.05, 0) is 38.8 Å². The van der Waals surface area contributed by atoms with Crippen LogP contribution < -0.4 is 0 Å². The van der Waals surface area contributed by atoms with Crippen molar-refractivity contribution in [3.63, 3.8) is 0 Å². The van der Waals surface area contributed by atoms with Gasteiger partial charge in [-0.1, -0.05) is 146 Å². The number of nitrogens with zero attached hydrogens (tertiary/aromatic N) is 4. The molecule has 10 rings (SSSR count). The molecule has 0 radical (unpaired) electrons. The minimum absolute atomic E-state index is 0.838. The van der Waals surface area contributed by atoms with E-state index in [9.17, 15) is 0 Å². The van der Waals surface area contributed by atoms with Gasteiger partial charge in [0.15, 0.2) is 0 Å². The lowest BCUT2D eigenvalue weighted by Crippen LogP contribution is -1.97. The SMILES string of the molecule is c1ccc(-c2c3nsnc3c(-c3ccccc3)c3nc4c(nc23)-c2ccc(-c3ccccc3)c3c(-c5ccccc5)ccc-4c23)cc1. The van der Waals surface area contributed by atoms with Gasteiger partial charge in [0.2, 0.25) is 0 Å². The van der Waals surface area contributed by atoms with Crippen molar-refractivity contribution >= 4 is 44.6 Å². The fourth-order valence-corrected chi connectivity index (χ4v) is 7.82. The molecule has 0 bridgehead atoms. The highest BCUT2D eigenvalue weighted by Gasteiger charge is 2.30. The molecule has 0 atom stereocenters. The van der Waals surface area contributed by atoms with E-state index >= 15 is 0 Å². The summed E-state index contributed by atoms with van der Waals surface area (Å²) in [4.78, 5) is 11.1. The van der Waals surface area contributed by atoms with Gasteiger partial charge in [-0.3, -0.25) is 0 Å². The maximum atomic E-state index is 5.57. The van der Waals surface area contributed by atoms with E-state index in [1.165, 1.54) is 44.8 Å². The maximum Gasteiger partial charge on any atom is 0.115 e. The zero-order valence-electron chi connectivity index (χ0n) is 25.1. The highest BCUT2D eigenvalue weighted by Crippen LogP contribution is 2.52. The van der Waals surface area contributed by atoms with Gasteiger partial charge in [0.25, 0.3) is 0 Å². The number of rotatable bonds is 4. The van der Waals surface area contributed by atoms with Crippen molar-refractivity contribution in [2.75, 3.05) is 0 Å². The lowest BCUT2D eigenvalue weighted by atomic mass is 9.89. The number of benzene rings is 7. The quantitative estimate of drug-likeness (QED) is 0.197. The highest BCUT2D eigenvalue weighted by molar-refractivity contribution is 7.00. The van der Waals surface area contributed by atoms with E-state index in [-0.39, 0.29) is 0 Å². The molecule has 0 saturated heterocycles. The standard InChI is InChI=1S/C42H24N4S/c1-5-13-25(14-6-1)29-21-23-31-36-32(24-22-30(35(29)36)26-15-7-2-8-16-26)38-37(31)43-39-33(27-17-9-3-10-18-27)41-42(46-47-45-41)34(40(39)44-38)28-19-11-4-12-20-28/h1-24H. The van der Waals surface area contributed by atoms with Gasteiger partial charge in [0.05, 0.1) is 23.1 Å². The third-order valence-electron chi connectivity index (χ3n) is 9.30. The second kappa shape index (κ2) is 10.2. The largest absolute Gasteiger partial charge is 0.243 e. The van der Waals surface area contributed by atoms with Gasteiger partial charge in [0, 0.05) is 27.6 Å². The van der Waals surface area contributed by atoms with Crippen LogP contribution in [0.4, 0.5) is 0 Å². The van der Waals surface area contributed by atoms with Crippen LogP contribution in [0.2, 0.25) is 0 Å². The summed E-state index contributed by atoms with van der Waals surface area (Å²) in [7, 11) is 0. The van der Waals surface area contributed by atoms with Crippen molar-refractivity contribution in [1.82, 2.24) is 18.7 Å². The zero-order chi connectivity index (χ0) is 30.9. The van der Waals surface area contributed by atoms with E-state index in [0.717, 1.165) is 66.8 Å². The van der Waals surface area contributed by atoms with Crippen LogP contribution in [0.1, 0.15) is 0 Å². The Morgan fingerprint density at radius 2 is 0.660 bits per heavy atom. The monoisotopic (exact) mass is 616 g/mol. The summed E-state index contributed by atoms with van der Waals surface area (Å²) in [5, 5.41) is 2.41. The second-order valence-corrected chi connectivity index (χ2v) is 12.4. The lowest BCUT2D eigenvalue weighted by Gasteiger charge is -2.14. The Morgan fingerprint density at radius 1 is 0.319 bits per heavy atom. The summed E-state index contributed by atoms with van der Waals surface area (Å²) < 4.78 is 9.71. The first-order valence-corrected chi connectivity index (χ1v) is 16.4. The average Bonchev–Trinajstić information content (AvgIpc) is 3.75. The molecule has 0 N–H and O–H groups in total. The predicted molar refractivity (Wildman–Crippen MR) is 194 cm³/mol. The van der Waals surface area contributed by atoms with Crippen LogP contribution in [0, 0.1) is 0 Å². The molecule has 2 aromatic heterocycles. The Morgan fingerprint density at radius 3 is 1.06 bits per heavy atom. The molecule has 0 aliphatic heterocycles. The Kier molecular flexibility index (Phi) is 5.71. The van der Waals surface area contributed by atoms with Crippen LogP contribution in [0.25, 0.3) is 99.9 Å². The second-order valence-electron chi connectivity index (χ2n) is 11.9. The molecule has 1 aliphatic carbocycles. The average molecular weight is 617 g/mol. The fourth-order valence-electron chi connectivity index (χ4n) is 7.26. The first-order valence-electron chi connectivity index (χ1n) is 15.7. The first-order chi connectivity index (χ1) is 23.3. The molecule has 0 saturated carbocycles. The summed E-state index contributed by atoms with van der Waals surface area (Å²) in [6.45, 7) is 0. The number of hydrogen-bond acceptors (Lipinski definition) is 5. The topological polar surface area (TPSA) is 51.6 Å². The van der Waals surface area contributed by atoms with Gasteiger partial charge in [-0.2, -0.15) is 8.75 Å². The van der Waals surface area contributed by atoms with E-state index in [4.69, 9.17) is 18.7 Å². The van der Waals surface area contributed by atoms with Crippen molar-refractivity contribution in [3.8, 4) is 67.0 Å². The Balaban J connectivity index is 1.36. The molecule has 7 aromatic carbocycles. The molecule has 9 aromatic rings. The molecule has 0 spiro atoms. The van der Waals surface area contributed by atoms with Gasteiger partial charge < -0.3 is 0 Å². The van der Waals surface area contributed by atoms with Crippen LogP contribution in [0.15, 0.2) is 146 Å². The van der Waals surface area contributed by atoms with E-state index in [1.54, 1.807) is 0 Å². The van der Waals surface area contributed by atoms with Crippen LogP contribution in [-0.2, 0) is 0 Å². The molecule has 1 aliphatic rings. The van der Waals surface area contributed by atoms with Crippen molar-refractivity contribution < 1.29 is 0 Å². The number of fused-ring (bicyclic) bond motifs is 5. The molecule has 5 heteroatoms. The Bertz CT molecular complexity index is 2470. The summed E-state index contributed by atoms with van der Waals surface area (Å²) in [6.07, 6.45) is 0. The van der Waals surface area contributed by atoms with Crippen LogP contribution >= 0.6 is 11.7 Å². The summed E-state index contributed by atoms with van der Waals surface area (Å²) >= 11 is 1.24. The van der Waals surface area contributed by atoms with Gasteiger partial charge >= 0.3 is 0 Å². The fraction of sp³-hybridized carbons (Fsp3) is 0. The maximum absolute atomic E-state index is 5.57. The van der Waals surface area contributed by atoms with E-state index in [0.29, 0.717) is 0 Å². The lowest BCUT2D eigenvalue weighted by molar-refractivity contribution is 1.32. The third-order valence-corrected chi connectivity index (χ3v) is 9.83. The van der Waals surface area contributed by atoms with E-state index in [2.05, 4.69) is 133 Å². The molecule has 0 amide bonds. The summed E-state index contributed by atoms with van der Waals surface area (Å²) in [5.41, 5.74) is 16.2. The molecule has 218 valence electrons. The summed E-state index contributed by atoms with van der Waals surface area (Å²) in [6, 6.07) is 51.1. The summed E-state index contributed by atoms with van der Waals surface area (Å²) in [5.74, 6) is 0. The first kappa shape index (κ1) is 26.2. The zero-order valence-corrected chi connectivity index (χ0v) is 25.9. The van der Waals surface area contributed by atoms with Gasteiger partial charge in [0.1, 0.15) is 22.1 Å². The van der Waals surface area contributed by atoms with Crippen molar-refractivity contribution in [2.45, 2.75) is 0 Å². The van der Waals surface area contributed by atoms with E-state index in [1.807, 2.05) is 12.1 Å². The Hall–Kier alpha value is -6.04. The smallest absolute Gasteiger partial charge is 0.115 e. The molecular formula is C42H24N4S. The third kappa shape index (κ3) is 3.87. The normalized spacial score (nSPS) is 11.8. The molecule has 0 fully saturated rings. The predicted octanol–water partition coefficient (Wildman–Crippen LogP) is 11.1. The minimum Gasteiger partial charge on any atom is -0.243 e. The van der Waals surface area contributed by atoms with Crippen LogP contribution in [-0.4, -0.2) is 18.7 Å². The van der Waals surface area contributed by atoms with Gasteiger partial charge in [-0.25, -0.2) is 9.97 Å². The van der Waals surface area contributed by atoms with E-state index < -0.39 is 0 Å². The Labute approximate surface area is 275 Å². The highest BCUT2D eigenvalue weighted by atomic mass is 32.1. The van der Waals surface area contributed by atoms with Gasteiger partial charge in [-0.15, -0.1) is 0 Å². The van der Waals surface area contributed by atoms with Crippen LogP contribution in [0.5, 0.6) is 0 Å². The van der Waals surface area contributed by atoms with Crippen LogP contribution in [0.3, 0.4) is 0 Å². The molecule has 4 nitrogen and oxygen atoms in total. The molecular weight excluding hydrogens is 593 g/mol. The van der Waals surface area contributed by atoms with Crippen molar-refractivity contribution in [3.05, 3.63) is 146 Å². The molecule has 47 heavy (non-hydrogen) atoms. The molecule has 2 heterocycles. The van der Waals surface area contributed by atoms with Crippen molar-refractivity contribution in [2.24, 2.45) is 0 Å². The molecule has 0 unspecified atom stereocenters. The minimum atomic E-state index is 0.838. The van der Waals surface area contributed by atoms with Crippen molar-refractivity contribution in [1.29, 1.82) is 0 Å². The number of hydrogen-bond donors (Lipinski definition) is 0. The number of aromatic nitrogens is 4.